The highest BCUT2D eigenvalue weighted by Crippen LogP contribution is 2.28. The Kier molecular flexibility index (Phi) is 3.17. The van der Waals surface area contributed by atoms with Crippen molar-refractivity contribution in [3.63, 3.8) is 0 Å². The lowest BCUT2D eigenvalue weighted by Gasteiger charge is -2.01. The molecule has 2 heterocycles. The maximum atomic E-state index is 11.4. The molecule has 0 radical (unpaired) electrons. The molecule has 5 heteroatoms. The first-order chi connectivity index (χ1) is 10.1. The molecule has 0 fully saturated rings. The molecule has 0 unspecified atom stereocenters. The van der Waals surface area contributed by atoms with Crippen molar-refractivity contribution in [3.05, 3.63) is 53.5 Å². The first kappa shape index (κ1) is 13.3. The second kappa shape index (κ2) is 5.01. The largest absolute Gasteiger partial charge is 0.298 e. The molecular weight excluding hydrogens is 264 g/mol. The van der Waals surface area contributed by atoms with Crippen LogP contribution in [0.15, 0.2) is 36.5 Å². The maximum Gasteiger partial charge on any atom is 0.153 e. The summed E-state index contributed by atoms with van der Waals surface area (Å²) in [6, 6.07) is 9.74. The topological polar surface area (TPSA) is 52.7 Å². The molecule has 1 aromatic carbocycles. The van der Waals surface area contributed by atoms with E-state index in [1.807, 2.05) is 51.2 Å². The average Bonchev–Trinajstić information content (AvgIpc) is 3.01. The van der Waals surface area contributed by atoms with Gasteiger partial charge in [-0.05, 0) is 26.0 Å². The number of hydrogen-bond acceptors (Lipinski definition) is 3. The lowest BCUT2D eigenvalue weighted by molar-refractivity contribution is 0.112. The van der Waals surface area contributed by atoms with E-state index in [0.29, 0.717) is 11.3 Å². The second-order valence-electron chi connectivity index (χ2n) is 5.00. The molecule has 21 heavy (non-hydrogen) atoms. The van der Waals surface area contributed by atoms with E-state index in [0.717, 1.165) is 28.9 Å². The molecule has 0 bridgehead atoms. The highest BCUT2D eigenvalue weighted by Gasteiger charge is 2.19. The lowest BCUT2D eigenvalue weighted by atomic mass is 10.1. The first-order valence-corrected chi connectivity index (χ1v) is 6.72. The van der Waals surface area contributed by atoms with Crippen molar-refractivity contribution in [3.8, 4) is 16.9 Å². The van der Waals surface area contributed by atoms with E-state index in [-0.39, 0.29) is 0 Å². The van der Waals surface area contributed by atoms with Crippen LogP contribution in [0.5, 0.6) is 0 Å². The number of hydrogen-bond donors (Lipinski definition) is 0. The Hall–Kier alpha value is -2.69. The Morgan fingerprint density at radius 3 is 2.38 bits per heavy atom. The summed E-state index contributed by atoms with van der Waals surface area (Å²) in [6.07, 6.45) is 2.59. The van der Waals surface area contributed by atoms with E-state index in [1.165, 1.54) is 0 Å². The number of aryl methyl sites for hydroxylation is 2. The molecule has 2 aromatic heterocycles. The molecule has 0 amide bonds. The van der Waals surface area contributed by atoms with Crippen LogP contribution in [0.1, 0.15) is 21.7 Å². The Labute approximate surface area is 122 Å². The normalized spacial score (nSPS) is 10.8. The standard InChI is InChI=1S/C16H16N4O/c1-11-15(12(2)19(3)17-11)16-13(10-21)9-20(18-16)14-7-5-4-6-8-14/h4-10H,1-3H3. The molecule has 3 rings (SSSR count). The van der Waals surface area contributed by atoms with Crippen LogP contribution in [0.25, 0.3) is 16.9 Å². The van der Waals surface area contributed by atoms with Gasteiger partial charge in [0.25, 0.3) is 0 Å². The minimum atomic E-state index is 0.568. The van der Waals surface area contributed by atoms with Gasteiger partial charge in [0, 0.05) is 24.5 Å². The van der Waals surface area contributed by atoms with E-state index in [2.05, 4.69) is 10.2 Å². The van der Waals surface area contributed by atoms with Gasteiger partial charge in [-0.2, -0.15) is 10.2 Å². The molecule has 0 saturated heterocycles. The van der Waals surface area contributed by atoms with Crippen molar-refractivity contribution in [2.24, 2.45) is 7.05 Å². The lowest BCUT2D eigenvalue weighted by Crippen LogP contribution is -1.95. The predicted molar refractivity (Wildman–Crippen MR) is 80.6 cm³/mol. The monoisotopic (exact) mass is 280 g/mol. The molecule has 5 nitrogen and oxygen atoms in total. The number of nitrogens with zero attached hydrogens (tertiary/aromatic N) is 4. The molecule has 0 aliphatic rings. The number of aldehydes is 1. The van der Waals surface area contributed by atoms with Crippen molar-refractivity contribution >= 4 is 6.29 Å². The molecule has 106 valence electrons. The van der Waals surface area contributed by atoms with Gasteiger partial charge in [-0.25, -0.2) is 4.68 Å². The molecular formula is C16H16N4O. The van der Waals surface area contributed by atoms with E-state index in [4.69, 9.17) is 0 Å². The van der Waals surface area contributed by atoms with Gasteiger partial charge in [0.15, 0.2) is 6.29 Å². The van der Waals surface area contributed by atoms with Gasteiger partial charge in [-0.15, -0.1) is 0 Å². The second-order valence-corrected chi connectivity index (χ2v) is 5.00. The number of carbonyl (C=O) groups excluding carboxylic acids is 1. The van der Waals surface area contributed by atoms with Crippen LogP contribution < -0.4 is 0 Å². The van der Waals surface area contributed by atoms with Crippen LogP contribution >= 0.6 is 0 Å². The van der Waals surface area contributed by atoms with Crippen molar-refractivity contribution in [1.82, 2.24) is 19.6 Å². The minimum absolute atomic E-state index is 0.568. The minimum Gasteiger partial charge on any atom is -0.298 e. The highest BCUT2D eigenvalue weighted by atomic mass is 16.1. The Morgan fingerprint density at radius 2 is 1.81 bits per heavy atom. The first-order valence-electron chi connectivity index (χ1n) is 6.72. The number of para-hydroxylation sites is 1. The van der Waals surface area contributed by atoms with Crippen LogP contribution in [-0.4, -0.2) is 25.8 Å². The summed E-state index contributed by atoms with van der Waals surface area (Å²) in [4.78, 5) is 11.4. The third kappa shape index (κ3) is 2.16. The van der Waals surface area contributed by atoms with Crippen molar-refractivity contribution in [2.75, 3.05) is 0 Å². The molecule has 0 spiro atoms. The van der Waals surface area contributed by atoms with Gasteiger partial charge >= 0.3 is 0 Å². The average molecular weight is 280 g/mol. The fraction of sp³-hybridized carbons (Fsp3) is 0.188. The number of rotatable bonds is 3. The van der Waals surface area contributed by atoms with E-state index in [9.17, 15) is 4.79 Å². The van der Waals surface area contributed by atoms with Crippen molar-refractivity contribution in [1.29, 1.82) is 0 Å². The van der Waals surface area contributed by atoms with Crippen LogP contribution in [0.3, 0.4) is 0 Å². The van der Waals surface area contributed by atoms with Gasteiger partial charge in [0.2, 0.25) is 0 Å². The zero-order valence-corrected chi connectivity index (χ0v) is 12.2. The zero-order valence-electron chi connectivity index (χ0n) is 12.2. The molecule has 3 aromatic rings. The Bertz CT molecular complexity index is 799. The fourth-order valence-corrected chi connectivity index (χ4v) is 2.50. The summed E-state index contributed by atoms with van der Waals surface area (Å²) in [5.74, 6) is 0. The molecule has 0 atom stereocenters. The van der Waals surface area contributed by atoms with Crippen LogP contribution in [0.4, 0.5) is 0 Å². The SMILES string of the molecule is Cc1nn(C)c(C)c1-c1nn(-c2ccccc2)cc1C=O. The summed E-state index contributed by atoms with van der Waals surface area (Å²) < 4.78 is 3.53. The summed E-state index contributed by atoms with van der Waals surface area (Å²) in [5.41, 5.74) is 4.96. The van der Waals surface area contributed by atoms with E-state index < -0.39 is 0 Å². The third-order valence-electron chi connectivity index (χ3n) is 3.64. The van der Waals surface area contributed by atoms with E-state index in [1.54, 1.807) is 15.6 Å². The molecule has 0 aliphatic carbocycles. The van der Waals surface area contributed by atoms with E-state index >= 15 is 0 Å². The van der Waals surface area contributed by atoms with Gasteiger partial charge in [-0.1, -0.05) is 18.2 Å². The molecule has 0 N–H and O–H groups in total. The smallest absolute Gasteiger partial charge is 0.153 e. The number of aromatic nitrogens is 4. The van der Waals surface area contributed by atoms with Gasteiger partial charge in [0.1, 0.15) is 5.69 Å². The highest BCUT2D eigenvalue weighted by molar-refractivity contribution is 5.86. The van der Waals surface area contributed by atoms with Crippen molar-refractivity contribution in [2.45, 2.75) is 13.8 Å². The van der Waals surface area contributed by atoms with Gasteiger partial charge in [-0.3, -0.25) is 9.48 Å². The number of benzene rings is 1. The predicted octanol–water partition coefficient (Wildman–Crippen LogP) is 2.70. The summed E-state index contributed by atoms with van der Waals surface area (Å²) in [7, 11) is 1.89. The fourth-order valence-electron chi connectivity index (χ4n) is 2.50. The molecule has 0 aliphatic heterocycles. The van der Waals surface area contributed by atoms with Crippen LogP contribution in [-0.2, 0) is 7.05 Å². The summed E-state index contributed by atoms with van der Waals surface area (Å²) in [6.45, 7) is 3.91. The van der Waals surface area contributed by atoms with Crippen molar-refractivity contribution < 1.29 is 4.79 Å². The third-order valence-corrected chi connectivity index (χ3v) is 3.64. The van der Waals surface area contributed by atoms with Gasteiger partial charge < -0.3 is 0 Å². The van der Waals surface area contributed by atoms with Gasteiger partial charge in [0.05, 0.1) is 16.9 Å². The molecule has 0 saturated carbocycles. The number of carbonyl (C=O) groups is 1. The quantitative estimate of drug-likeness (QED) is 0.693. The zero-order chi connectivity index (χ0) is 15.0. The maximum absolute atomic E-state index is 11.4. The summed E-state index contributed by atoms with van der Waals surface area (Å²) in [5, 5.41) is 8.98. The van der Waals surface area contributed by atoms with Crippen LogP contribution in [0, 0.1) is 13.8 Å². The Morgan fingerprint density at radius 1 is 1.10 bits per heavy atom. The Balaban J connectivity index is 2.20. The summed E-state index contributed by atoms with van der Waals surface area (Å²) >= 11 is 0. The van der Waals surface area contributed by atoms with Crippen LogP contribution in [0.2, 0.25) is 0 Å².